The Kier molecular flexibility index (Phi) is 7.27. The summed E-state index contributed by atoms with van der Waals surface area (Å²) in [5.74, 6) is 2.35. The summed E-state index contributed by atoms with van der Waals surface area (Å²) in [6.07, 6.45) is 4.59. The van der Waals surface area contributed by atoms with Crippen LogP contribution in [-0.4, -0.2) is 65.9 Å². The van der Waals surface area contributed by atoms with Gasteiger partial charge in [-0.25, -0.2) is 5.43 Å². The fourth-order valence-electron chi connectivity index (χ4n) is 4.34. The number of hydrazine groups is 1. The Morgan fingerprint density at radius 2 is 2.13 bits per heavy atom. The van der Waals surface area contributed by atoms with Gasteiger partial charge in [0.15, 0.2) is 5.16 Å². The zero-order valence-electron chi connectivity index (χ0n) is 18.0. The molecule has 2 saturated heterocycles. The molecule has 9 heteroatoms. The van der Waals surface area contributed by atoms with Gasteiger partial charge in [0.05, 0.1) is 32.3 Å². The van der Waals surface area contributed by atoms with Crippen LogP contribution in [-0.2, 0) is 17.8 Å². The summed E-state index contributed by atoms with van der Waals surface area (Å²) in [5, 5.41) is 9.85. The molecule has 0 saturated carbocycles. The number of methoxy groups -OCH3 is 1. The van der Waals surface area contributed by atoms with Gasteiger partial charge in [-0.05, 0) is 43.8 Å². The van der Waals surface area contributed by atoms with E-state index in [0.29, 0.717) is 5.92 Å². The molecular weight excluding hydrogens is 400 g/mol. The van der Waals surface area contributed by atoms with E-state index in [1.54, 1.807) is 18.9 Å². The summed E-state index contributed by atoms with van der Waals surface area (Å²) in [6.45, 7) is 4.36. The fourth-order valence-corrected chi connectivity index (χ4v) is 4.86. The molecule has 4 rings (SSSR count). The van der Waals surface area contributed by atoms with E-state index in [0.717, 1.165) is 62.4 Å². The molecule has 30 heavy (non-hydrogen) atoms. The Morgan fingerprint density at radius 3 is 2.83 bits per heavy atom. The van der Waals surface area contributed by atoms with Gasteiger partial charge in [0, 0.05) is 25.6 Å². The first-order valence-corrected chi connectivity index (χ1v) is 11.8. The predicted octanol–water partition coefficient (Wildman–Crippen LogP) is 2.08. The van der Waals surface area contributed by atoms with Crippen molar-refractivity contribution in [3.05, 3.63) is 35.7 Å². The maximum Gasteiger partial charge on any atom is 0.191 e. The Bertz CT molecular complexity index is 808. The van der Waals surface area contributed by atoms with Gasteiger partial charge in [-0.15, -0.1) is 10.2 Å². The number of rotatable bonds is 9. The van der Waals surface area contributed by atoms with Gasteiger partial charge in [-0.2, -0.15) is 0 Å². The van der Waals surface area contributed by atoms with E-state index in [4.69, 9.17) is 9.47 Å². The number of hydrogen-bond donors (Lipinski definition) is 2. The minimum Gasteiger partial charge on any atom is -0.497 e. The lowest BCUT2D eigenvalue weighted by molar-refractivity contribution is 0.0933. The van der Waals surface area contributed by atoms with Crippen LogP contribution in [0.25, 0.3) is 0 Å². The van der Waals surface area contributed by atoms with Crippen LogP contribution >= 0.6 is 11.8 Å². The highest BCUT2D eigenvalue weighted by atomic mass is 32.2. The largest absolute Gasteiger partial charge is 0.497 e. The molecule has 164 valence electrons. The molecule has 1 aromatic carbocycles. The van der Waals surface area contributed by atoms with E-state index in [2.05, 4.69) is 56.0 Å². The molecule has 2 aliphatic heterocycles. The topological polar surface area (TPSA) is 76.5 Å². The van der Waals surface area contributed by atoms with Crippen molar-refractivity contribution in [1.29, 1.82) is 0 Å². The third kappa shape index (κ3) is 4.97. The molecule has 0 bridgehead atoms. The lowest BCUT2D eigenvalue weighted by Crippen LogP contribution is -2.31. The lowest BCUT2D eigenvalue weighted by Gasteiger charge is -2.25. The van der Waals surface area contributed by atoms with E-state index in [-0.39, 0.29) is 12.1 Å². The molecule has 3 unspecified atom stereocenters. The van der Waals surface area contributed by atoms with Crippen LogP contribution < -0.4 is 15.6 Å². The second kappa shape index (κ2) is 10.1. The molecule has 2 fully saturated rings. The summed E-state index contributed by atoms with van der Waals surface area (Å²) >= 11 is 1.65. The first-order chi connectivity index (χ1) is 14.7. The second-order valence-corrected chi connectivity index (χ2v) is 8.85. The summed E-state index contributed by atoms with van der Waals surface area (Å²) in [6, 6.07) is 8.59. The third-order valence-electron chi connectivity index (χ3n) is 5.91. The highest BCUT2D eigenvalue weighted by molar-refractivity contribution is 7.98. The van der Waals surface area contributed by atoms with Gasteiger partial charge in [-0.3, -0.25) is 10.3 Å². The van der Waals surface area contributed by atoms with Crippen molar-refractivity contribution < 1.29 is 9.47 Å². The van der Waals surface area contributed by atoms with E-state index >= 15 is 0 Å². The molecule has 2 aliphatic rings. The normalized spacial score (nSPS) is 24.1. The molecule has 2 aromatic rings. The van der Waals surface area contributed by atoms with Gasteiger partial charge in [0.2, 0.25) is 0 Å². The highest BCUT2D eigenvalue weighted by Crippen LogP contribution is 2.27. The first-order valence-electron chi connectivity index (χ1n) is 10.6. The number of thioether (sulfide) groups is 1. The third-order valence-corrected chi connectivity index (χ3v) is 6.58. The van der Waals surface area contributed by atoms with E-state index in [9.17, 15) is 0 Å². The Hall–Kier alpha value is -1.65. The Labute approximate surface area is 182 Å². The lowest BCUT2D eigenvalue weighted by atomic mass is 9.94. The molecule has 8 nitrogen and oxygen atoms in total. The van der Waals surface area contributed by atoms with Crippen LogP contribution in [0, 0.1) is 5.92 Å². The van der Waals surface area contributed by atoms with Crippen LogP contribution in [0.1, 0.15) is 30.3 Å². The first kappa shape index (κ1) is 21.6. The van der Waals surface area contributed by atoms with Gasteiger partial charge < -0.3 is 14.0 Å². The molecule has 3 heterocycles. The Morgan fingerprint density at radius 1 is 1.30 bits per heavy atom. The van der Waals surface area contributed by atoms with Crippen molar-refractivity contribution >= 4 is 11.8 Å². The van der Waals surface area contributed by atoms with Crippen LogP contribution in [0.4, 0.5) is 0 Å². The number of benzene rings is 1. The van der Waals surface area contributed by atoms with Gasteiger partial charge in [0.1, 0.15) is 11.6 Å². The average Bonchev–Trinajstić information content (AvgIpc) is 3.51. The zero-order chi connectivity index (χ0) is 20.9. The van der Waals surface area contributed by atoms with Gasteiger partial charge >= 0.3 is 0 Å². The Balaban J connectivity index is 1.40. The maximum absolute atomic E-state index is 5.85. The van der Waals surface area contributed by atoms with E-state index in [1.807, 2.05) is 12.1 Å². The number of ether oxygens (including phenoxy) is 2. The zero-order valence-corrected chi connectivity index (χ0v) is 18.8. The van der Waals surface area contributed by atoms with E-state index in [1.165, 1.54) is 5.56 Å². The fraction of sp³-hybridized carbons (Fsp3) is 0.619. The second-order valence-electron chi connectivity index (χ2n) is 8.08. The van der Waals surface area contributed by atoms with Crippen LogP contribution in [0.5, 0.6) is 5.75 Å². The highest BCUT2D eigenvalue weighted by Gasteiger charge is 2.30. The van der Waals surface area contributed by atoms with Gasteiger partial charge in [0.25, 0.3) is 0 Å². The quantitative estimate of drug-likeness (QED) is 0.584. The minimum absolute atomic E-state index is 0.268. The smallest absolute Gasteiger partial charge is 0.191 e. The average molecular weight is 433 g/mol. The molecule has 0 aliphatic carbocycles. The summed E-state index contributed by atoms with van der Waals surface area (Å²) in [7, 11) is 3.86. The number of nitrogens with zero attached hydrogens (tertiary/aromatic N) is 4. The number of hydrogen-bond acceptors (Lipinski definition) is 8. The summed E-state index contributed by atoms with van der Waals surface area (Å²) in [4.78, 5) is 2.34. The molecule has 3 atom stereocenters. The van der Waals surface area contributed by atoms with Crippen molar-refractivity contribution in [3.63, 3.8) is 0 Å². The standard InChI is InChI=1S/C21H32N6O2S/c1-26(12-16-11-22-24-20(16)15-6-8-17(28-2)9-7-15)14-19-23-25-21(30-3)27(19)13-18-5-4-10-29-18/h6-9,16,18,20,22,24H,4-5,10-14H2,1-3H3. The van der Waals surface area contributed by atoms with Crippen molar-refractivity contribution in [2.24, 2.45) is 5.92 Å². The molecule has 2 N–H and O–H groups in total. The molecule has 0 spiro atoms. The van der Waals surface area contributed by atoms with Crippen molar-refractivity contribution in [1.82, 2.24) is 30.5 Å². The summed E-state index contributed by atoms with van der Waals surface area (Å²) < 4.78 is 13.4. The predicted molar refractivity (Wildman–Crippen MR) is 117 cm³/mol. The van der Waals surface area contributed by atoms with Crippen molar-refractivity contribution in [2.45, 2.75) is 43.2 Å². The van der Waals surface area contributed by atoms with Crippen LogP contribution in [0.2, 0.25) is 0 Å². The maximum atomic E-state index is 5.85. The van der Waals surface area contributed by atoms with Gasteiger partial charge in [-0.1, -0.05) is 23.9 Å². The van der Waals surface area contributed by atoms with Crippen LogP contribution in [0.15, 0.2) is 29.4 Å². The van der Waals surface area contributed by atoms with Crippen LogP contribution in [0.3, 0.4) is 0 Å². The molecular formula is C21H32N6O2S. The molecule has 0 radical (unpaired) electrons. The monoisotopic (exact) mass is 432 g/mol. The van der Waals surface area contributed by atoms with Crippen molar-refractivity contribution in [3.8, 4) is 5.75 Å². The minimum atomic E-state index is 0.268. The molecule has 1 aromatic heterocycles. The molecule has 0 amide bonds. The van der Waals surface area contributed by atoms with E-state index < -0.39 is 0 Å². The SMILES string of the molecule is COc1ccc(C2NNCC2CN(C)Cc2nnc(SC)n2CC2CCCO2)cc1. The number of aromatic nitrogens is 3. The van der Waals surface area contributed by atoms with Crippen molar-refractivity contribution in [2.75, 3.05) is 40.1 Å². The number of nitrogens with one attached hydrogen (secondary N) is 2. The summed E-state index contributed by atoms with van der Waals surface area (Å²) in [5.41, 5.74) is 8.03.